The minimum atomic E-state index is -0.373. The average molecular weight is 426 g/mol. The van der Waals surface area contributed by atoms with Gasteiger partial charge in [0.2, 0.25) is 5.91 Å². The number of benzene rings is 1. The molecule has 3 aliphatic rings. The Morgan fingerprint density at radius 3 is 2.53 bits per heavy atom. The van der Waals surface area contributed by atoms with E-state index in [0.29, 0.717) is 18.4 Å². The van der Waals surface area contributed by atoms with Gasteiger partial charge in [0.15, 0.2) is 5.17 Å². The van der Waals surface area contributed by atoms with Crippen LogP contribution >= 0.6 is 11.8 Å². The van der Waals surface area contributed by atoms with Crippen LogP contribution in [0, 0.1) is 6.92 Å². The van der Waals surface area contributed by atoms with Gasteiger partial charge in [-0.15, -0.1) is 0 Å². The molecule has 0 aromatic heterocycles. The molecule has 0 N–H and O–H groups in total. The number of amides is 1. The summed E-state index contributed by atoms with van der Waals surface area (Å²) >= 11 is 1.52. The summed E-state index contributed by atoms with van der Waals surface area (Å²) in [5.74, 6) is -0.240. The number of hydrogen-bond donors (Lipinski definition) is 0. The van der Waals surface area contributed by atoms with Crippen LogP contribution in [0.15, 0.2) is 51.6 Å². The molecule has 1 aromatic rings. The van der Waals surface area contributed by atoms with Crippen LogP contribution in [-0.2, 0) is 14.3 Å². The van der Waals surface area contributed by atoms with Gasteiger partial charge in [0.05, 0.1) is 30.8 Å². The molecule has 0 bridgehead atoms. The summed E-state index contributed by atoms with van der Waals surface area (Å²) in [5, 5.41) is 2.82. The van der Waals surface area contributed by atoms with E-state index in [1.165, 1.54) is 18.9 Å². The van der Waals surface area contributed by atoms with Crippen molar-refractivity contribution in [1.29, 1.82) is 0 Å². The first kappa shape index (κ1) is 20.7. The van der Waals surface area contributed by atoms with Gasteiger partial charge in [0.25, 0.3) is 0 Å². The van der Waals surface area contributed by atoms with Crippen LogP contribution in [0.3, 0.4) is 0 Å². The maximum atomic E-state index is 12.9. The predicted molar refractivity (Wildman–Crippen MR) is 119 cm³/mol. The maximum absolute atomic E-state index is 12.9. The molecule has 1 atom stereocenters. The molecule has 158 valence electrons. The van der Waals surface area contributed by atoms with E-state index >= 15 is 0 Å². The van der Waals surface area contributed by atoms with E-state index in [1.807, 2.05) is 48.4 Å². The molecule has 0 unspecified atom stereocenters. The van der Waals surface area contributed by atoms with Crippen LogP contribution in [0.5, 0.6) is 0 Å². The van der Waals surface area contributed by atoms with Crippen molar-refractivity contribution in [3.63, 3.8) is 0 Å². The number of nitrogens with zero attached hydrogens (tertiary/aromatic N) is 3. The highest BCUT2D eigenvalue weighted by Gasteiger charge is 2.41. The highest BCUT2D eigenvalue weighted by molar-refractivity contribution is 8.16. The fourth-order valence-corrected chi connectivity index (χ4v) is 5.15. The third-order valence-corrected chi connectivity index (χ3v) is 6.70. The second-order valence-corrected chi connectivity index (χ2v) is 8.61. The van der Waals surface area contributed by atoms with Gasteiger partial charge < -0.3 is 14.5 Å². The topological polar surface area (TPSA) is 62.2 Å². The average Bonchev–Trinajstić information content (AvgIpc) is 3.43. The number of allylic oxidation sites excluding steroid dienone is 1. The number of hydrogen-bond acceptors (Lipinski definition) is 6. The van der Waals surface area contributed by atoms with Gasteiger partial charge >= 0.3 is 5.97 Å². The number of carbonyl (C=O) groups excluding carboxylic acids is 2. The van der Waals surface area contributed by atoms with Gasteiger partial charge in [0.1, 0.15) is 0 Å². The van der Waals surface area contributed by atoms with Crippen molar-refractivity contribution in [1.82, 2.24) is 9.80 Å². The summed E-state index contributed by atoms with van der Waals surface area (Å²) in [7, 11) is 1.40. The standard InChI is InChI=1S/C23H27N3O3S/c1-4-18-20(22(28)29-3)21(16-9-7-15(2)8-10-16)26-17(14-30-23(26)24-18)13-19(27)25-11-5-6-12-25/h7-10,14,21H,4-6,11-13H2,1-3H3/t21-/m0/s1. The van der Waals surface area contributed by atoms with E-state index in [0.717, 1.165) is 53.6 Å². The maximum Gasteiger partial charge on any atom is 0.338 e. The Morgan fingerprint density at radius 2 is 1.90 bits per heavy atom. The summed E-state index contributed by atoms with van der Waals surface area (Å²) in [6, 6.07) is 7.82. The van der Waals surface area contributed by atoms with Gasteiger partial charge in [-0.1, -0.05) is 48.5 Å². The second kappa shape index (κ2) is 8.68. The molecule has 0 radical (unpaired) electrons. The largest absolute Gasteiger partial charge is 0.466 e. The van der Waals surface area contributed by atoms with E-state index in [-0.39, 0.29) is 17.9 Å². The smallest absolute Gasteiger partial charge is 0.338 e. The van der Waals surface area contributed by atoms with Gasteiger partial charge in [-0.2, -0.15) is 0 Å². The number of amidine groups is 1. The number of likely N-dealkylation sites (tertiary alicyclic amines) is 1. The SMILES string of the molecule is CCC1=C(C(=O)OC)[C@H](c2ccc(C)cc2)N2C(CC(=O)N3CCCC3)=CSC2=N1. The number of esters is 1. The Labute approximate surface area is 181 Å². The Balaban J connectivity index is 1.74. The summed E-state index contributed by atoms with van der Waals surface area (Å²) in [6.07, 6.45) is 3.07. The molecule has 1 fully saturated rings. The second-order valence-electron chi connectivity index (χ2n) is 7.77. The van der Waals surface area contributed by atoms with E-state index in [2.05, 4.69) is 4.90 Å². The van der Waals surface area contributed by atoms with Gasteiger partial charge in [0, 0.05) is 18.8 Å². The molecule has 0 saturated carbocycles. The first-order valence-electron chi connectivity index (χ1n) is 10.4. The first-order valence-corrected chi connectivity index (χ1v) is 11.3. The molecule has 0 spiro atoms. The van der Waals surface area contributed by atoms with Crippen molar-refractivity contribution >= 4 is 28.8 Å². The lowest BCUT2D eigenvalue weighted by Gasteiger charge is -2.36. The number of carbonyl (C=O) groups is 2. The number of aliphatic imine (C=N–C) groups is 1. The molecule has 6 nitrogen and oxygen atoms in total. The fourth-order valence-electron chi connectivity index (χ4n) is 4.21. The van der Waals surface area contributed by atoms with Crippen molar-refractivity contribution in [3.8, 4) is 0 Å². The normalized spacial score (nSPS) is 20.8. The molecule has 3 heterocycles. The summed E-state index contributed by atoms with van der Waals surface area (Å²) < 4.78 is 5.15. The molecule has 30 heavy (non-hydrogen) atoms. The number of aryl methyl sites for hydroxylation is 1. The summed E-state index contributed by atoms with van der Waals surface area (Å²) in [5.41, 5.74) is 4.32. The highest BCUT2D eigenvalue weighted by Crippen LogP contribution is 2.45. The zero-order chi connectivity index (χ0) is 21.3. The zero-order valence-corrected chi connectivity index (χ0v) is 18.5. The van der Waals surface area contributed by atoms with E-state index < -0.39 is 0 Å². The molecule has 4 rings (SSSR count). The van der Waals surface area contributed by atoms with Crippen molar-refractivity contribution in [3.05, 3.63) is 57.8 Å². The molecular weight excluding hydrogens is 398 g/mol. The molecule has 1 amide bonds. The van der Waals surface area contributed by atoms with Crippen molar-refractivity contribution < 1.29 is 14.3 Å². The summed E-state index contributed by atoms with van der Waals surface area (Å²) in [4.78, 5) is 34.4. The monoisotopic (exact) mass is 425 g/mol. The third kappa shape index (κ3) is 3.78. The molecule has 7 heteroatoms. The Morgan fingerprint density at radius 1 is 1.20 bits per heavy atom. The van der Waals surface area contributed by atoms with Crippen molar-refractivity contribution in [2.75, 3.05) is 20.2 Å². The van der Waals surface area contributed by atoms with Gasteiger partial charge in [-0.3, -0.25) is 4.79 Å². The molecular formula is C23H27N3O3S. The van der Waals surface area contributed by atoms with E-state index in [9.17, 15) is 9.59 Å². The highest BCUT2D eigenvalue weighted by atomic mass is 32.2. The summed E-state index contributed by atoms with van der Waals surface area (Å²) in [6.45, 7) is 5.69. The van der Waals surface area contributed by atoms with Crippen molar-refractivity contribution in [2.45, 2.75) is 45.6 Å². The Kier molecular flexibility index (Phi) is 5.99. The third-order valence-electron chi connectivity index (χ3n) is 5.81. The number of thioether (sulfide) groups is 1. The predicted octanol–water partition coefficient (Wildman–Crippen LogP) is 4.15. The zero-order valence-electron chi connectivity index (χ0n) is 17.7. The Hall–Kier alpha value is -2.54. The number of methoxy groups -OCH3 is 1. The van der Waals surface area contributed by atoms with Crippen LogP contribution in [-0.4, -0.2) is 47.0 Å². The van der Waals surface area contributed by atoms with Crippen LogP contribution in [0.1, 0.15) is 49.8 Å². The van der Waals surface area contributed by atoms with Crippen LogP contribution in [0.2, 0.25) is 0 Å². The van der Waals surface area contributed by atoms with Gasteiger partial charge in [-0.05, 0) is 37.2 Å². The number of ether oxygens (including phenoxy) is 1. The Bertz CT molecular complexity index is 943. The van der Waals surface area contributed by atoms with Crippen LogP contribution < -0.4 is 0 Å². The lowest BCUT2D eigenvalue weighted by atomic mass is 9.92. The van der Waals surface area contributed by atoms with Gasteiger partial charge in [-0.25, -0.2) is 9.79 Å². The minimum Gasteiger partial charge on any atom is -0.466 e. The van der Waals surface area contributed by atoms with E-state index in [4.69, 9.17) is 9.73 Å². The quantitative estimate of drug-likeness (QED) is 0.664. The molecule has 3 aliphatic heterocycles. The van der Waals surface area contributed by atoms with E-state index in [1.54, 1.807) is 0 Å². The fraction of sp³-hybridized carbons (Fsp3) is 0.435. The number of rotatable bonds is 5. The lowest BCUT2D eigenvalue weighted by Crippen LogP contribution is -2.38. The number of fused-ring (bicyclic) bond motifs is 1. The minimum absolute atomic E-state index is 0.133. The molecule has 0 aliphatic carbocycles. The molecule has 1 saturated heterocycles. The van der Waals surface area contributed by atoms with Crippen molar-refractivity contribution in [2.24, 2.45) is 4.99 Å². The molecule has 1 aromatic carbocycles. The first-order chi connectivity index (χ1) is 14.5. The van der Waals surface area contributed by atoms with Crippen LogP contribution in [0.4, 0.5) is 0 Å². The lowest BCUT2D eigenvalue weighted by molar-refractivity contribution is -0.136. The van der Waals surface area contributed by atoms with Crippen LogP contribution in [0.25, 0.3) is 0 Å².